The Hall–Kier alpha value is -4.01. The molecule has 50 heavy (non-hydrogen) atoms. The number of nitrogens with zero attached hydrogens (tertiary/aromatic N) is 4. The SMILES string of the molecule is C/C=C/C[C@@H](C)[C@@H](O)[C@@H](C(N)=O)N(C)C(=O)[C@H](C(C)C)N(C)C(=O)N(C)C(=O)[C@H](CC(C)C)N(C)C(=O)[C@H](C)NC(=O)NC(=O)CCC(C)C. The number of aliphatic hydroxyl groups excluding tert-OH is 1. The third-order valence-corrected chi connectivity index (χ3v) is 8.64. The molecule has 15 heteroatoms. The Morgan fingerprint density at radius 1 is 0.760 bits per heavy atom. The van der Waals surface area contributed by atoms with Gasteiger partial charge in [-0.15, -0.1) is 0 Å². The number of aliphatic hydroxyl groups is 1. The van der Waals surface area contributed by atoms with E-state index in [0.29, 0.717) is 12.8 Å². The van der Waals surface area contributed by atoms with Gasteiger partial charge < -0.3 is 30.9 Å². The molecular weight excluding hydrogens is 646 g/mol. The van der Waals surface area contributed by atoms with Crippen LogP contribution in [0.3, 0.4) is 0 Å². The van der Waals surface area contributed by atoms with Gasteiger partial charge in [0.15, 0.2) is 0 Å². The van der Waals surface area contributed by atoms with Gasteiger partial charge in [-0.05, 0) is 56.8 Å². The van der Waals surface area contributed by atoms with Gasteiger partial charge in [0.05, 0.1) is 6.10 Å². The van der Waals surface area contributed by atoms with Crippen LogP contribution in [0.5, 0.6) is 0 Å². The molecule has 0 saturated heterocycles. The maximum absolute atomic E-state index is 13.9. The first-order valence-corrected chi connectivity index (χ1v) is 17.3. The molecular formula is C35H63N7O8. The highest BCUT2D eigenvalue weighted by molar-refractivity contribution is 6.01. The number of carbonyl (C=O) groups is 7. The van der Waals surface area contributed by atoms with Crippen molar-refractivity contribution in [2.45, 2.75) is 118 Å². The van der Waals surface area contributed by atoms with Crippen LogP contribution in [0.1, 0.15) is 88.0 Å². The number of allylic oxidation sites excluding steroid dienone is 2. The van der Waals surface area contributed by atoms with Gasteiger partial charge in [-0.3, -0.25) is 34.2 Å². The topological polar surface area (TPSA) is 203 Å². The fourth-order valence-corrected chi connectivity index (χ4v) is 5.54. The second kappa shape index (κ2) is 21.3. The Kier molecular flexibility index (Phi) is 19.6. The average Bonchev–Trinajstić information content (AvgIpc) is 3.02. The molecule has 0 aliphatic heterocycles. The van der Waals surface area contributed by atoms with Crippen molar-refractivity contribution >= 4 is 41.6 Å². The fraction of sp³-hybridized carbons (Fsp3) is 0.743. The van der Waals surface area contributed by atoms with Crippen LogP contribution < -0.4 is 16.4 Å². The predicted molar refractivity (Wildman–Crippen MR) is 191 cm³/mol. The molecule has 9 amide bonds. The molecule has 6 atom stereocenters. The van der Waals surface area contributed by atoms with Crippen LogP contribution in [0.4, 0.5) is 9.59 Å². The van der Waals surface area contributed by atoms with E-state index in [9.17, 15) is 38.7 Å². The zero-order valence-corrected chi connectivity index (χ0v) is 32.4. The molecule has 5 N–H and O–H groups in total. The number of urea groups is 2. The number of carbonyl (C=O) groups excluding carboxylic acids is 7. The van der Waals surface area contributed by atoms with E-state index in [1.54, 1.807) is 26.8 Å². The Labute approximate surface area is 298 Å². The standard InChI is InChI=1S/C35H63N7O8/c1-14-15-16-23(8)29(44)28(30(36)45)40(11)33(48)27(22(6)7)41(12)35(50)42(13)32(47)25(19-21(4)5)39(10)31(46)24(9)37-34(49)38-26(43)18-17-20(2)3/h14-15,20-25,27-29,44H,16-19H2,1-13H3,(H2,36,45)(H2,37,38,43,49)/b15-14+/t23-,24+,25+,27+,28+,29-/m1/s1. The second-order valence-corrected chi connectivity index (χ2v) is 14.3. The maximum atomic E-state index is 13.9. The lowest BCUT2D eigenvalue weighted by atomic mass is 9.92. The lowest BCUT2D eigenvalue weighted by Gasteiger charge is -2.39. The van der Waals surface area contributed by atoms with Crippen LogP contribution in [-0.4, -0.2) is 125 Å². The van der Waals surface area contributed by atoms with Crippen LogP contribution in [0.15, 0.2) is 12.2 Å². The Morgan fingerprint density at radius 3 is 1.78 bits per heavy atom. The zero-order valence-electron chi connectivity index (χ0n) is 32.4. The van der Waals surface area contributed by atoms with Crippen molar-refractivity contribution in [2.24, 2.45) is 29.4 Å². The van der Waals surface area contributed by atoms with Gasteiger partial charge in [-0.25, -0.2) is 9.59 Å². The number of primary amides is 1. The molecule has 0 spiro atoms. The minimum Gasteiger partial charge on any atom is -0.390 e. The number of nitrogens with one attached hydrogen (secondary N) is 2. The third-order valence-electron chi connectivity index (χ3n) is 8.64. The number of likely N-dealkylation sites (N-methyl/N-ethyl adjacent to an activating group) is 4. The fourth-order valence-electron chi connectivity index (χ4n) is 5.54. The third kappa shape index (κ3) is 13.7. The molecule has 0 heterocycles. The highest BCUT2D eigenvalue weighted by Crippen LogP contribution is 2.22. The van der Waals surface area contributed by atoms with E-state index in [4.69, 9.17) is 5.73 Å². The molecule has 0 aromatic rings. The van der Waals surface area contributed by atoms with E-state index >= 15 is 0 Å². The number of imide groups is 2. The predicted octanol–water partition coefficient (Wildman–Crippen LogP) is 2.32. The second-order valence-electron chi connectivity index (χ2n) is 14.3. The van der Waals surface area contributed by atoms with E-state index in [2.05, 4.69) is 10.6 Å². The van der Waals surface area contributed by atoms with Crippen molar-refractivity contribution in [3.63, 3.8) is 0 Å². The highest BCUT2D eigenvalue weighted by Gasteiger charge is 2.42. The summed E-state index contributed by atoms with van der Waals surface area (Å²) in [6.07, 6.45) is 3.70. The monoisotopic (exact) mass is 709 g/mol. The van der Waals surface area contributed by atoms with E-state index in [0.717, 1.165) is 19.6 Å². The summed E-state index contributed by atoms with van der Waals surface area (Å²) < 4.78 is 0. The van der Waals surface area contributed by atoms with E-state index in [1.165, 1.54) is 35.1 Å². The van der Waals surface area contributed by atoms with Crippen LogP contribution >= 0.6 is 0 Å². The maximum Gasteiger partial charge on any atom is 0.326 e. The van der Waals surface area contributed by atoms with Crippen molar-refractivity contribution in [3.8, 4) is 0 Å². The summed E-state index contributed by atoms with van der Waals surface area (Å²) in [4.78, 5) is 96.0. The van der Waals surface area contributed by atoms with Crippen LogP contribution in [0, 0.1) is 23.7 Å². The van der Waals surface area contributed by atoms with E-state index in [1.807, 2.05) is 40.7 Å². The first-order valence-electron chi connectivity index (χ1n) is 17.3. The van der Waals surface area contributed by atoms with Crippen molar-refractivity contribution in [3.05, 3.63) is 12.2 Å². The van der Waals surface area contributed by atoms with Crippen molar-refractivity contribution in [1.29, 1.82) is 0 Å². The van der Waals surface area contributed by atoms with Crippen LogP contribution in [0.25, 0.3) is 0 Å². The number of nitrogens with two attached hydrogens (primary N) is 1. The molecule has 286 valence electrons. The summed E-state index contributed by atoms with van der Waals surface area (Å²) >= 11 is 0. The summed E-state index contributed by atoms with van der Waals surface area (Å²) in [6, 6.07) is -6.45. The van der Waals surface area contributed by atoms with Gasteiger partial charge in [-0.1, -0.05) is 60.6 Å². The molecule has 0 radical (unpaired) electrons. The van der Waals surface area contributed by atoms with E-state index in [-0.39, 0.29) is 24.7 Å². The molecule has 0 unspecified atom stereocenters. The summed E-state index contributed by atoms with van der Waals surface area (Å²) in [7, 11) is 5.32. The van der Waals surface area contributed by atoms with Gasteiger partial charge in [-0.2, -0.15) is 0 Å². The normalized spacial score (nSPS) is 15.1. The average molecular weight is 710 g/mol. The Morgan fingerprint density at radius 2 is 1.32 bits per heavy atom. The summed E-state index contributed by atoms with van der Waals surface area (Å²) in [5.74, 6) is -4.12. The molecule has 15 nitrogen and oxygen atoms in total. The Bertz CT molecular complexity index is 1220. The van der Waals surface area contributed by atoms with Crippen molar-refractivity contribution in [1.82, 2.24) is 30.2 Å². The van der Waals surface area contributed by atoms with Gasteiger partial charge in [0.2, 0.25) is 23.6 Å². The summed E-state index contributed by atoms with van der Waals surface area (Å²) in [5, 5.41) is 15.6. The first kappa shape index (κ1) is 46.0. The lowest BCUT2D eigenvalue weighted by molar-refractivity contribution is -0.148. The van der Waals surface area contributed by atoms with Crippen LogP contribution in [-0.2, 0) is 24.0 Å². The Balaban J connectivity index is 6.10. The largest absolute Gasteiger partial charge is 0.390 e. The number of rotatable bonds is 18. The number of hydrogen-bond donors (Lipinski definition) is 4. The number of amides is 9. The quantitative estimate of drug-likeness (QED) is 0.155. The van der Waals surface area contributed by atoms with Crippen molar-refractivity contribution in [2.75, 3.05) is 28.2 Å². The first-order chi connectivity index (χ1) is 23.0. The lowest BCUT2D eigenvalue weighted by Crippen LogP contribution is -2.61. The molecule has 0 aromatic carbocycles. The molecule has 0 aliphatic rings. The molecule has 0 saturated carbocycles. The molecule has 0 rings (SSSR count). The van der Waals surface area contributed by atoms with Gasteiger partial charge >= 0.3 is 12.1 Å². The van der Waals surface area contributed by atoms with Gasteiger partial charge in [0.1, 0.15) is 24.2 Å². The minimum atomic E-state index is -1.38. The van der Waals surface area contributed by atoms with Crippen molar-refractivity contribution < 1.29 is 38.7 Å². The number of hydrogen-bond acceptors (Lipinski definition) is 8. The summed E-state index contributed by atoms with van der Waals surface area (Å²) in [5.41, 5.74) is 5.64. The molecule has 0 aliphatic carbocycles. The molecule has 0 aromatic heterocycles. The van der Waals surface area contributed by atoms with Gasteiger partial charge in [0.25, 0.3) is 5.91 Å². The highest BCUT2D eigenvalue weighted by atomic mass is 16.3. The zero-order chi connectivity index (χ0) is 39.2. The van der Waals surface area contributed by atoms with E-state index < -0.39 is 83.7 Å². The molecule has 0 bridgehead atoms. The molecule has 0 fully saturated rings. The smallest absolute Gasteiger partial charge is 0.326 e. The minimum absolute atomic E-state index is 0.0865. The summed E-state index contributed by atoms with van der Waals surface area (Å²) in [6.45, 7) is 16.0. The van der Waals surface area contributed by atoms with Gasteiger partial charge in [0, 0.05) is 34.6 Å². The van der Waals surface area contributed by atoms with Crippen LogP contribution in [0.2, 0.25) is 0 Å².